The molecule has 1 unspecified atom stereocenters. The number of aromatic nitrogens is 6. The molecule has 2 heterocycles. The number of aliphatic hydroxyl groups is 1. The lowest BCUT2D eigenvalue weighted by atomic mass is 10.1. The second kappa shape index (κ2) is 7.43. The number of tetrazole rings is 1. The van der Waals surface area contributed by atoms with Crippen LogP contribution in [0.15, 0.2) is 42.7 Å². The Kier molecular flexibility index (Phi) is 4.85. The third-order valence-electron chi connectivity index (χ3n) is 4.70. The molecular formula is C17H20ClN7O. The van der Waals surface area contributed by atoms with Gasteiger partial charge < -0.3 is 10.4 Å². The molecule has 0 saturated heterocycles. The first-order chi connectivity index (χ1) is 12.7. The van der Waals surface area contributed by atoms with E-state index in [1.807, 2.05) is 35.0 Å². The Morgan fingerprint density at radius 2 is 2.08 bits per heavy atom. The molecule has 1 aromatic carbocycles. The molecule has 0 spiro atoms. The minimum atomic E-state index is -0.451. The summed E-state index contributed by atoms with van der Waals surface area (Å²) in [5.41, 5.74) is 1.11. The second-order valence-corrected chi connectivity index (χ2v) is 7.12. The van der Waals surface area contributed by atoms with E-state index in [1.54, 1.807) is 17.1 Å². The summed E-state index contributed by atoms with van der Waals surface area (Å²) in [5, 5.41) is 30.4. The average Bonchev–Trinajstić information content (AvgIpc) is 3.32. The lowest BCUT2D eigenvalue weighted by Gasteiger charge is -2.16. The molecular weight excluding hydrogens is 354 g/mol. The fourth-order valence-corrected chi connectivity index (χ4v) is 3.62. The van der Waals surface area contributed by atoms with Gasteiger partial charge in [-0.1, -0.05) is 47.0 Å². The van der Waals surface area contributed by atoms with E-state index in [2.05, 4.69) is 25.9 Å². The summed E-state index contributed by atoms with van der Waals surface area (Å²) in [6.07, 6.45) is 4.50. The van der Waals surface area contributed by atoms with Gasteiger partial charge in [-0.3, -0.25) is 4.68 Å². The third kappa shape index (κ3) is 3.86. The van der Waals surface area contributed by atoms with E-state index in [1.165, 1.54) is 0 Å². The van der Waals surface area contributed by atoms with Crippen LogP contribution in [0, 0.1) is 5.92 Å². The minimum absolute atomic E-state index is 0.0912. The Bertz CT molecular complexity index is 850. The van der Waals surface area contributed by atoms with E-state index in [9.17, 15) is 5.11 Å². The van der Waals surface area contributed by atoms with E-state index < -0.39 is 6.10 Å². The Hall–Kier alpha value is -2.45. The summed E-state index contributed by atoms with van der Waals surface area (Å²) in [4.78, 5) is 0. The monoisotopic (exact) mass is 373 g/mol. The van der Waals surface area contributed by atoms with Gasteiger partial charge in [-0.2, -0.15) is 5.10 Å². The van der Waals surface area contributed by atoms with Crippen molar-refractivity contribution in [1.82, 2.24) is 30.0 Å². The van der Waals surface area contributed by atoms with Crippen molar-refractivity contribution < 1.29 is 5.11 Å². The van der Waals surface area contributed by atoms with Crippen LogP contribution in [-0.4, -0.2) is 47.2 Å². The van der Waals surface area contributed by atoms with E-state index in [0.717, 1.165) is 18.5 Å². The average molecular weight is 374 g/mol. The summed E-state index contributed by atoms with van der Waals surface area (Å²) in [5.74, 6) is 0.887. The molecule has 2 N–H and O–H groups in total. The molecule has 4 rings (SSSR count). The van der Waals surface area contributed by atoms with Crippen LogP contribution in [0.2, 0.25) is 5.02 Å². The van der Waals surface area contributed by atoms with E-state index >= 15 is 0 Å². The Morgan fingerprint density at radius 1 is 1.23 bits per heavy atom. The molecule has 1 saturated carbocycles. The molecule has 0 radical (unpaired) electrons. The first-order valence-corrected chi connectivity index (χ1v) is 8.98. The maximum Gasteiger partial charge on any atom is 0.243 e. The largest absolute Gasteiger partial charge is 0.391 e. The van der Waals surface area contributed by atoms with Gasteiger partial charge in [-0.05, 0) is 34.7 Å². The highest BCUT2D eigenvalue weighted by atomic mass is 35.5. The molecule has 3 atom stereocenters. The van der Waals surface area contributed by atoms with Crippen LogP contribution in [0.25, 0.3) is 0 Å². The molecule has 8 nitrogen and oxygen atoms in total. The molecule has 2 aromatic heterocycles. The number of hydrogen-bond acceptors (Lipinski definition) is 6. The number of anilines is 1. The van der Waals surface area contributed by atoms with E-state index in [-0.39, 0.29) is 6.04 Å². The number of hydrogen-bond donors (Lipinski definition) is 2. The highest BCUT2D eigenvalue weighted by Crippen LogP contribution is 2.29. The Balaban J connectivity index is 1.39. The van der Waals surface area contributed by atoms with Gasteiger partial charge in [-0.25, -0.2) is 4.68 Å². The lowest BCUT2D eigenvalue weighted by molar-refractivity contribution is 0.165. The van der Waals surface area contributed by atoms with Crippen LogP contribution in [0.3, 0.4) is 0 Å². The first-order valence-electron chi connectivity index (χ1n) is 8.60. The SMILES string of the molecule is O[C@@H]1CC(Cn2cc(Cl)cn2)C[C@H]1Nc1nnnn1Cc1ccccc1. The van der Waals surface area contributed by atoms with Gasteiger partial charge in [0.15, 0.2) is 0 Å². The summed E-state index contributed by atoms with van der Waals surface area (Å²) in [6, 6.07) is 9.91. The van der Waals surface area contributed by atoms with Gasteiger partial charge in [0.1, 0.15) is 0 Å². The van der Waals surface area contributed by atoms with Crippen molar-refractivity contribution in [1.29, 1.82) is 0 Å². The van der Waals surface area contributed by atoms with Crippen LogP contribution in [0.1, 0.15) is 18.4 Å². The quantitative estimate of drug-likeness (QED) is 0.684. The number of rotatable bonds is 6. The highest BCUT2D eigenvalue weighted by molar-refractivity contribution is 6.30. The normalized spacial score (nSPS) is 22.6. The fraction of sp³-hybridized carbons (Fsp3) is 0.412. The van der Waals surface area contributed by atoms with Gasteiger partial charge in [0, 0.05) is 12.7 Å². The smallest absolute Gasteiger partial charge is 0.243 e. The third-order valence-corrected chi connectivity index (χ3v) is 4.89. The summed E-state index contributed by atoms with van der Waals surface area (Å²) in [7, 11) is 0. The maximum absolute atomic E-state index is 10.4. The topological polar surface area (TPSA) is 93.7 Å². The molecule has 26 heavy (non-hydrogen) atoms. The molecule has 136 valence electrons. The van der Waals surface area contributed by atoms with Gasteiger partial charge in [0.25, 0.3) is 0 Å². The Morgan fingerprint density at radius 3 is 2.85 bits per heavy atom. The van der Waals surface area contributed by atoms with Crippen molar-refractivity contribution in [3.05, 3.63) is 53.3 Å². The van der Waals surface area contributed by atoms with Crippen molar-refractivity contribution in [3.63, 3.8) is 0 Å². The van der Waals surface area contributed by atoms with Crippen LogP contribution in [0.4, 0.5) is 5.95 Å². The van der Waals surface area contributed by atoms with Crippen LogP contribution in [-0.2, 0) is 13.1 Å². The molecule has 1 aliphatic carbocycles. The molecule has 1 aliphatic rings. The first kappa shape index (κ1) is 17.0. The van der Waals surface area contributed by atoms with E-state index in [4.69, 9.17) is 11.6 Å². The van der Waals surface area contributed by atoms with Gasteiger partial charge >= 0.3 is 0 Å². The molecule has 3 aromatic rings. The zero-order valence-electron chi connectivity index (χ0n) is 14.1. The lowest BCUT2D eigenvalue weighted by Crippen LogP contribution is -2.29. The predicted octanol–water partition coefficient (Wildman–Crippen LogP) is 1.82. The molecule has 0 aliphatic heterocycles. The summed E-state index contributed by atoms with van der Waals surface area (Å²) >= 11 is 5.91. The van der Waals surface area contributed by atoms with Gasteiger partial charge in [-0.15, -0.1) is 0 Å². The van der Waals surface area contributed by atoms with E-state index in [0.29, 0.717) is 29.9 Å². The molecule has 0 bridgehead atoms. The van der Waals surface area contributed by atoms with Crippen LogP contribution < -0.4 is 5.32 Å². The van der Waals surface area contributed by atoms with Crippen LogP contribution in [0.5, 0.6) is 0 Å². The summed E-state index contributed by atoms with van der Waals surface area (Å²) < 4.78 is 3.53. The van der Waals surface area contributed by atoms with Crippen molar-refractivity contribution in [2.24, 2.45) is 5.92 Å². The second-order valence-electron chi connectivity index (χ2n) is 6.68. The fourth-order valence-electron chi connectivity index (χ4n) is 3.46. The van der Waals surface area contributed by atoms with Crippen molar-refractivity contribution in [3.8, 4) is 0 Å². The molecule has 0 amide bonds. The zero-order chi connectivity index (χ0) is 17.9. The Labute approximate surface area is 155 Å². The maximum atomic E-state index is 10.4. The summed E-state index contributed by atoms with van der Waals surface area (Å²) in [6.45, 7) is 1.31. The minimum Gasteiger partial charge on any atom is -0.391 e. The van der Waals surface area contributed by atoms with Gasteiger partial charge in [0.2, 0.25) is 5.95 Å². The van der Waals surface area contributed by atoms with Crippen molar-refractivity contribution in [2.75, 3.05) is 5.32 Å². The standard InChI is InChI=1S/C17H20ClN7O/c18-14-8-19-24(11-14)9-13-6-15(16(26)7-13)20-17-21-22-23-25(17)10-12-4-2-1-3-5-12/h1-5,8,11,13,15-16,26H,6-7,9-10H2,(H,20,21,23)/t13?,15-,16-/m1/s1. The number of aliphatic hydroxyl groups excluding tert-OH is 1. The number of nitrogens with zero attached hydrogens (tertiary/aromatic N) is 6. The number of benzene rings is 1. The van der Waals surface area contributed by atoms with Crippen LogP contribution >= 0.6 is 11.6 Å². The highest BCUT2D eigenvalue weighted by Gasteiger charge is 2.34. The molecule has 1 fully saturated rings. The molecule has 9 heteroatoms. The number of halogens is 1. The van der Waals surface area contributed by atoms with Gasteiger partial charge in [0.05, 0.1) is 29.9 Å². The van der Waals surface area contributed by atoms with Crippen molar-refractivity contribution in [2.45, 2.75) is 38.1 Å². The zero-order valence-corrected chi connectivity index (χ0v) is 14.9. The van der Waals surface area contributed by atoms with Crippen molar-refractivity contribution >= 4 is 17.5 Å². The number of nitrogens with one attached hydrogen (secondary N) is 1. The predicted molar refractivity (Wildman–Crippen MR) is 96.7 cm³/mol.